The van der Waals surface area contributed by atoms with Crippen molar-refractivity contribution in [2.75, 3.05) is 0 Å². The second-order valence-electron chi connectivity index (χ2n) is 6.71. The second kappa shape index (κ2) is 9.08. The van der Waals surface area contributed by atoms with Crippen molar-refractivity contribution in [2.24, 2.45) is 0 Å². The first-order valence-electron chi connectivity index (χ1n) is 9.21. The average Bonchev–Trinajstić information content (AvgIpc) is 2.64. The highest BCUT2D eigenvalue weighted by atomic mass is 32.2. The van der Waals surface area contributed by atoms with E-state index in [2.05, 4.69) is 11.1 Å². The van der Waals surface area contributed by atoms with Crippen LogP contribution >= 0.6 is 11.8 Å². The van der Waals surface area contributed by atoms with Gasteiger partial charge >= 0.3 is 5.69 Å². The van der Waals surface area contributed by atoms with Crippen LogP contribution in [0, 0.1) is 13.8 Å². The summed E-state index contributed by atoms with van der Waals surface area (Å²) in [6, 6.07) is 15.8. The summed E-state index contributed by atoms with van der Waals surface area (Å²) < 4.78 is 6.71. The summed E-state index contributed by atoms with van der Waals surface area (Å²) in [4.78, 5) is 29.2. The van der Waals surface area contributed by atoms with Gasteiger partial charge < -0.3 is 9.72 Å². The lowest BCUT2D eigenvalue weighted by atomic mass is 10.2. The Kier molecular flexibility index (Phi) is 6.54. The maximum absolute atomic E-state index is 12.9. The van der Waals surface area contributed by atoms with Gasteiger partial charge in [0.1, 0.15) is 6.73 Å². The largest absolute Gasteiger partial charge is 0.356 e. The molecule has 28 heavy (non-hydrogen) atoms. The van der Waals surface area contributed by atoms with Gasteiger partial charge in [0.25, 0.3) is 5.56 Å². The lowest BCUT2D eigenvalue weighted by Gasteiger charge is -2.12. The van der Waals surface area contributed by atoms with E-state index in [9.17, 15) is 9.59 Å². The highest BCUT2D eigenvalue weighted by Gasteiger charge is 2.14. The summed E-state index contributed by atoms with van der Waals surface area (Å²) in [5.74, 6) is 0. The molecule has 3 rings (SSSR count). The molecule has 0 aliphatic carbocycles. The van der Waals surface area contributed by atoms with E-state index >= 15 is 0 Å². The van der Waals surface area contributed by atoms with Gasteiger partial charge in [-0.25, -0.2) is 9.36 Å². The van der Waals surface area contributed by atoms with Gasteiger partial charge in [0.05, 0.1) is 11.6 Å². The van der Waals surface area contributed by atoms with Crippen LogP contribution in [0.15, 0.2) is 68.0 Å². The Labute approximate surface area is 168 Å². The molecule has 0 bridgehead atoms. The molecular formula is C22H24N2O3S. The van der Waals surface area contributed by atoms with Gasteiger partial charge in [-0.1, -0.05) is 55.1 Å². The van der Waals surface area contributed by atoms with Crippen molar-refractivity contribution in [1.82, 2.24) is 9.55 Å². The fourth-order valence-corrected chi connectivity index (χ4v) is 4.27. The lowest BCUT2D eigenvalue weighted by molar-refractivity contribution is 0.0583. The zero-order valence-electron chi connectivity index (χ0n) is 16.3. The average molecular weight is 397 g/mol. The zero-order chi connectivity index (χ0) is 20.1. The highest BCUT2D eigenvalue weighted by molar-refractivity contribution is 7.99. The van der Waals surface area contributed by atoms with Gasteiger partial charge in [-0.05, 0) is 49.1 Å². The third-order valence-electron chi connectivity index (χ3n) is 4.34. The van der Waals surface area contributed by atoms with Crippen molar-refractivity contribution in [1.29, 1.82) is 0 Å². The Bertz CT molecular complexity index is 1050. The minimum absolute atomic E-state index is 0.0788. The second-order valence-corrected chi connectivity index (χ2v) is 7.80. The van der Waals surface area contributed by atoms with Crippen LogP contribution in [-0.2, 0) is 24.5 Å². The molecule has 3 aromatic rings. The number of aromatic nitrogens is 2. The molecule has 0 amide bonds. The predicted molar refractivity (Wildman–Crippen MR) is 112 cm³/mol. The maximum Gasteiger partial charge on any atom is 0.331 e. The Morgan fingerprint density at radius 2 is 1.71 bits per heavy atom. The number of aryl methyl sites for hydroxylation is 2. The maximum atomic E-state index is 12.9. The summed E-state index contributed by atoms with van der Waals surface area (Å²) in [7, 11) is 0. The van der Waals surface area contributed by atoms with E-state index in [1.807, 2.05) is 63.2 Å². The Hall–Kier alpha value is -2.57. The first kappa shape index (κ1) is 20.2. The number of nitrogens with zero attached hydrogens (tertiary/aromatic N) is 1. The molecule has 0 saturated carbocycles. The molecule has 2 aromatic carbocycles. The Morgan fingerprint density at radius 1 is 1.04 bits per heavy atom. The molecule has 146 valence electrons. The third kappa shape index (κ3) is 4.82. The van der Waals surface area contributed by atoms with Crippen LogP contribution in [0.4, 0.5) is 0 Å². The van der Waals surface area contributed by atoms with Gasteiger partial charge in [0.2, 0.25) is 0 Å². The molecule has 1 heterocycles. The van der Waals surface area contributed by atoms with Crippen molar-refractivity contribution in [3.63, 3.8) is 0 Å². The molecule has 1 N–H and O–H groups in total. The van der Waals surface area contributed by atoms with E-state index in [-0.39, 0.29) is 12.3 Å². The van der Waals surface area contributed by atoms with Crippen LogP contribution in [0.2, 0.25) is 0 Å². The number of hydrogen-bond donors (Lipinski definition) is 1. The number of aromatic amines is 1. The van der Waals surface area contributed by atoms with E-state index in [1.165, 1.54) is 11.8 Å². The van der Waals surface area contributed by atoms with E-state index in [4.69, 9.17) is 4.74 Å². The van der Waals surface area contributed by atoms with Crippen LogP contribution in [0.3, 0.4) is 0 Å². The summed E-state index contributed by atoms with van der Waals surface area (Å²) in [5, 5.41) is 0.599. The Morgan fingerprint density at radius 3 is 2.36 bits per heavy atom. The number of hydrogen-bond acceptors (Lipinski definition) is 4. The number of rotatable bonds is 7. The number of H-pyrrole nitrogens is 1. The van der Waals surface area contributed by atoms with E-state index in [0.717, 1.165) is 26.2 Å². The van der Waals surface area contributed by atoms with Gasteiger partial charge in [0, 0.05) is 10.5 Å². The van der Waals surface area contributed by atoms with Crippen LogP contribution in [0.1, 0.15) is 29.2 Å². The standard InChI is InChI=1S/C22H24N2O3S/c1-4-19-20(28-18-11-15(2)10-16(3)12-18)23-22(26)24(21(19)25)14-27-13-17-8-6-5-7-9-17/h5-12H,4,13-14H2,1-3H3,(H,23,26). The van der Waals surface area contributed by atoms with E-state index in [0.29, 0.717) is 23.6 Å². The molecular weight excluding hydrogens is 372 g/mol. The summed E-state index contributed by atoms with van der Waals surface area (Å²) in [5.41, 5.74) is 3.11. The summed E-state index contributed by atoms with van der Waals surface area (Å²) in [6.07, 6.45) is 0.529. The molecule has 0 atom stereocenters. The lowest BCUT2D eigenvalue weighted by Crippen LogP contribution is -2.38. The number of ether oxygens (including phenoxy) is 1. The quantitative estimate of drug-likeness (QED) is 0.612. The minimum Gasteiger partial charge on any atom is -0.356 e. The Balaban J connectivity index is 1.84. The van der Waals surface area contributed by atoms with Crippen molar-refractivity contribution in [3.05, 3.63) is 91.6 Å². The van der Waals surface area contributed by atoms with Crippen LogP contribution < -0.4 is 11.2 Å². The molecule has 0 radical (unpaired) electrons. The van der Waals surface area contributed by atoms with Gasteiger partial charge in [0.15, 0.2) is 0 Å². The normalized spacial score (nSPS) is 11.0. The van der Waals surface area contributed by atoms with Crippen LogP contribution in [0.25, 0.3) is 0 Å². The first-order valence-corrected chi connectivity index (χ1v) is 10.0. The fourth-order valence-electron chi connectivity index (χ4n) is 3.05. The zero-order valence-corrected chi connectivity index (χ0v) is 17.1. The van der Waals surface area contributed by atoms with Crippen molar-refractivity contribution < 1.29 is 4.74 Å². The smallest absolute Gasteiger partial charge is 0.331 e. The van der Waals surface area contributed by atoms with Gasteiger partial charge in [-0.15, -0.1) is 0 Å². The first-order chi connectivity index (χ1) is 13.5. The van der Waals surface area contributed by atoms with Crippen molar-refractivity contribution >= 4 is 11.8 Å². The minimum atomic E-state index is -0.456. The van der Waals surface area contributed by atoms with Crippen LogP contribution in [-0.4, -0.2) is 9.55 Å². The molecule has 0 aliphatic rings. The highest BCUT2D eigenvalue weighted by Crippen LogP contribution is 2.28. The van der Waals surface area contributed by atoms with Crippen molar-refractivity contribution in [2.45, 2.75) is 50.5 Å². The van der Waals surface area contributed by atoms with Crippen molar-refractivity contribution in [3.8, 4) is 0 Å². The molecule has 0 aliphatic heterocycles. The molecule has 0 saturated heterocycles. The van der Waals surface area contributed by atoms with E-state index in [1.54, 1.807) is 0 Å². The van der Waals surface area contributed by atoms with Gasteiger partial charge in [-0.3, -0.25) is 4.79 Å². The fraction of sp³-hybridized carbons (Fsp3) is 0.273. The SMILES string of the molecule is CCc1c(Sc2cc(C)cc(C)c2)[nH]c(=O)n(COCc2ccccc2)c1=O. The molecule has 5 nitrogen and oxygen atoms in total. The molecule has 1 aromatic heterocycles. The third-order valence-corrected chi connectivity index (χ3v) is 5.37. The topological polar surface area (TPSA) is 64.1 Å². The molecule has 6 heteroatoms. The molecule has 0 unspecified atom stereocenters. The number of benzene rings is 2. The number of nitrogens with one attached hydrogen (secondary N) is 1. The monoisotopic (exact) mass is 396 g/mol. The van der Waals surface area contributed by atoms with Gasteiger partial charge in [-0.2, -0.15) is 0 Å². The summed E-state index contributed by atoms with van der Waals surface area (Å²) in [6.45, 7) is 6.23. The molecule has 0 spiro atoms. The predicted octanol–water partition coefficient (Wildman–Crippen LogP) is 4.04. The van der Waals surface area contributed by atoms with E-state index < -0.39 is 5.69 Å². The van der Waals surface area contributed by atoms with Crippen LogP contribution in [0.5, 0.6) is 0 Å². The summed E-state index contributed by atoms with van der Waals surface area (Å²) >= 11 is 1.42. The molecule has 0 fully saturated rings.